The monoisotopic (exact) mass is 367 g/mol. The van der Waals surface area contributed by atoms with Gasteiger partial charge >= 0.3 is 5.97 Å². The van der Waals surface area contributed by atoms with Crippen molar-refractivity contribution in [2.45, 2.75) is 57.5 Å². The Morgan fingerprint density at radius 2 is 1.96 bits per heavy atom. The molecule has 1 fully saturated rings. The second kappa shape index (κ2) is 9.63. The standard InChI is InChI=1S/C18H25NO7/c1-3-14(22)26-17-15(19-11(2)21)18(25-13(9-20)16(17)23)24-10-12-7-5-4-6-8-12/h4-8,13,15-18,20,23H,3,9-10H2,1-2H3,(H,19,21)/t13-,15-,16+,17-,18+/m0/s1. The third-order valence-corrected chi connectivity index (χ3v) is 4.04. The Labute approximate surface area is 152 Å². The predicted molar refractivity (Wildman–Crippen MR) is 90.8 cm³/mol. The van der Waals surface area contributed by atoms with Gasteiger partial charge in [0, 0.05) is 13.3 Å². The first-order valence-corrected chi connectivity index (χ1v) is 8.52. The minimum Gasteiger partial charge on any atom is -0.457 e. The number of benzene rings is 1. The highest BCUT2D eigenvalue weighted by Gasteiger charge is 2.48. The van der Waals surface area contributed by atoms with Gasteiger partial charge in [-0.15, -0.1) is 0 Å². The van der Waals surface area contributed by atoms with Crippen LogP contribution >= 0.6 is 0 Å². The largest absolute Gasteiger partial charge is 0.457 e. The van der Waals surface area contributed by atoms with E-state index in [-0.39, 0.29) is 18.9 Å². The van der Waals surface area contributed by atoms with Gasteiger partial charge in [-0.25, -0.2) is 0 Å². The van der Waals surface area contributed by atoms with Crippen molar-refractivity contribution in [3.8, 4) is 0 Å². The van der Waals surface area contributed by atoms with Crippen LogP contribution in [0.15, 0.2) is 30.3 Å². The van der Waals surface area contributed by atoms with Crippen LogP contribution in [0.2, 0.25) is 0 Å². The van der Waals surface area contributed by atoms with Crippen LogP contribution in [0.5, 0.6) is 0 Å². The molecule has 8 nitrogen and oxygen atoms in total. The molecule has 26 heavy (non-hydrogen) atoms. The summed E-state index contributed by atoms with van der Waals surface area (Å²) in [4.78, 5) is 23.3. The van der Waals surface area contributed by atoms with Crippen LogP contribution in [0.3, 0.4) is 0 Å². The number of ether oxygens (including phenoxy) is 3. The molecule has 1 saturated heterocycles. The maximum atomic E-state index is 11.7. The fraction of sp³-hybridized carbons (Fsp3) is 0.556. The highest BCUT2D eigenvalue weighted by molar-refractivity contribution is 5.73. The lowest BCUT2D eigenvalue weighted by Crippen LogP contribution is -2.65. The van der Waals surface area contributed by atoms with Gasteiger partial charge in [0.25, 0.3) is 0 Å². The highest BCUT2D eigenvalue weighted by Crippen LogP contribution is 2.25. The summed E-state index contributed by atoms with van der Waals surface area (Å²) in [7, 11) is 0. The zero-order valence-electron chi connectivity index (χ0n) is 14.8. The van der Waals surface area contributed by atoms with Gasteiger partial charge in [0.15, 0.2) is 12.4 Å². The van der Waals surface area contributed by atoms with Gasteiger partial charge in [-0.3, -0.25) is 9.59 Å². The second-order valence-corrected chi connectivity index (χ2v) is 6.05. The number of carbonyl (C=O) groups is 2. The fourth-order valence-electron chi connectivity index (χ4n) is 2.73. The zero-order chi connectivity index (χ0) is 19.1. The number of amides is 1. The van der Waals surface area contributed by atoms with Crippen molar-refractivity contribution < 1.29 is 34.0 Å². The second-order valence-electron chi connectivity index (χ2n) is 6.05. The third kappa shape index (κ3) is 5.25. The molecular formula is C18H25NO7. The van der Waals surface area contributed by atoms with E-state index < -0.39 is 43.2 Å². The molecule has 0 radical (unpaired) electrons. The van der Waals surface area contributed by atoms with E-state index in [1.165, 1.54) is 6.92 Å². The number of hydrogen-bond acceptors (Lipinski definition) is 7. The number of aliphatic hydroxyl groups excluding tert-OH is 2. The zero-order valence-corrected chi connectivity index (χ0v) is 14.8. The Bertz CT molecular complexity index is 594. The summed E-state index contributed by atoms with van der Waals surface area (Å²) in [6.07, 6.45) is -4.30. The SMILES string of the molecule is CCC(=O)O[C@@H]1[C@H](O)[C@H](CO)O[C@@H](OCc2ccccc2)[C@H]1NC(C)=O. The molecule has 1 aliphatic heterocycles. The molecule has 0 unspecified atom stereocenters. The van der Waals surface area contributed by atoms with E-state index in [2.05, 4.69) is 5.32 Å². The number of carbonyl (C=O) groups excluding carboxylic acids is 2. The van der Waals surface area contributed by atoms with Gasteiger partial charge in [0.2, 0.25) is 5.91 Å². The third-order valence-electron chi connectivity index (χ3n) is 4.04. The smallest absolute Gasteiger partial charge is 0.305 e. The van der Waals surface area contributed by atoms with E-state index in [0.717, 1.165) is 5.56 Å². The fourth-order valence-corrected chi connectivity index (χ4v) is 2.73. The average molecular weight is 367 g/mol. The summed E-state index contributed by atoms with van der Waals surface area (Å²) in [6.45, 7) is 2.62. The molecule has 2 rings (SSSR count). The Balaban J connectivity index is 2.20. The molecular weight excluding hydrogens is 342 g/mol. The number of rotatable bonds is 7. The van der Waals surface area contributed by atoms with Crippen molar-refractivity contribution in [3.05, 3.63) is 35.9 Å². The lowest BCUT2D eigenvalue weighted by molar-refractivity contribution is -0.276. The van der Waals surface area contributed by atoms with Gasteiger partial charge in [-0.2, -0.15) is 0 Å². The van der Waals surface area contributed by atoms with Crippen LogP contribution in [0.4, 0.5) is 0 Å². The maximum Gasteiger partial charge on any atom is 0.305 e. The van der Waals surface area contributed by atoms with Crippen LogP contribution in [0.1, 0.15) is 25.8 Å². The van der Waals surface area contributed by atoms with Gasteiger partial charge in [0.05, 0.1) is 13.2 Å². The molecule has 1 aliphatic rings. The first-order valence-electron chi connectivity index (χ1n) is 8.52. The van der Waals surface area contributed by atoms with E-state index >= 15 is 0 Å². The summed E-state index contributed by atoms with van der Waals surface area (Å²) >= 11 is 0. The Morgan fingerprint density at radius 3 is 2.54 bits per heavy atom. The van der Waals surface area contributed by atoms with Crippen molar-refractivity contribution in [1.29, 1.82) is 0 Å². The minimum atomic E-state index is -1.30. The molecule has 0 spiro atoms. The molecule has 1 aromatic carbocycles. The van der Waals surface area contributed by atoms with E-state index in [0.29, 0.717) is 0 Å². The van der Waals surface area contributed by atoms with Crippen molar-refractivity contribution in [3.63, 3.8) is 0 Å². The average Bonchev–Trinajstić information content (AvgIpc) is 2.64. The summed E-state index contributed by atoms with van der Waals surface area (Å²) in [6, 6.07) is 8.41. The summed E-state index contributed by atoms with van der Waals surface area (Å²) in [5.41, 5.74) is 0.881. The minimum absolute atomic E-state index is 0.107. The molecule has 0 aromatic heterocycles. The number of hydrogen-bond donors (Lipinski definition) is 3. The van der Waals surface area contributed by atoms with Crippen molar-refractivity contribution >= 4 is 11.9 Å². The topological polar surface area (TPSA) is 114 Å². The van der Waals surface area contributed by atoms with Crippen LogP contribution in [0.25, 0.3) is 0 Å². The Kier molecular flexibility index (Phi) is 7.52. The first-order chi connectivity index (χ1) is 12.5. The van der Waals surface area contributed by atoms with Crippen LogP contribution in [0, 0.1) is 0 Å². The predicted octanol–water partition coefficient (Wildman–Crippen LogP) is 0.108. The summed E-state index contributed by atoms with van der Waals surface area (Å²) in [5.74, 6) is -0.927. The van der Waals surface area contributed by atoms with E-state index in [1.54, 1.807) is 6.92 Å². The van der Waals surface area contributed by atoms with Gasteiger partial charge in [0.1, 0.15) is 18.2 Å². The molecule has 0 bridgehead atoms. The van der Waals surface area contributed by atoms with Crippen molar-refractivity contribution in [2.75, 3.05) is 6.61 Å². The molecule has 1 amide bonds. The molecule has 144 valence electrons. The van der Waals surface area contributed by atoms with Gasteiger partial charge in [-0.1, -0.05) is 37.3 Å². The number of esters is 1. The van der Waals surface area contributed by atoms with E-state index in [1.807, 2.05) is 30.3 Å². The molecule has 5 atom stereocenters. The summed E-state index contributed by atoms with van der Waals surface area (Å²) < 4.78 is 16.7. The number of aliphatic hydroxyl groups is 2. The first kappa shape index (κ1) is 20.3. The van der Waals surface area contributed by atoms with Crippen LogP contribution in [-0.2, 0) is 30.4 Å². The number of nitrogens with one attached hydrogen (secondary N) is 1. The maximum absolute atomic E-state index is 11.7. The van der Waals surface area contributed by atoms with Crippen LogP contribution in [-0.4, -0.2) is 59.3 Å². The van der Waals surface area contributed by atoms with Crippen LogP contribution < -0.4 is 5.32 Å². The van der Waals surface area contributed by atoms with Gasteiger partial charge in [-0.05, 0) is 5.56 Å². The summed E-state index contributed by atoms with van der Waals surface area (Å²) in [5, 5.41) is 22.5. The van der Waals surface area contributed by atoms with Crippen molar-refractivity contribution in [2.24, 2.45) is 0 Å². The Hall–Kier alpha value is -2.00. The van der Waals surface area contributed by atoms with E-state index in [4.69, 9.17) is 14.2 Å². The normalized spacial score (nSPS) is 28.4. The lowest BCUT2D eigenvalue weighted by Gasteiger charge is -2.43. The molecule has 0 saturated carbocycles. The van der Waals surface area contributed by atoms with E-state index in [9.17, 15) is 19.8 Å². The molecule has 3 N–H and O–H groups in total. The molecule has 1 heterocycles. The lowest BCUT2D eigenvalue weighted by atomic mass is 9.96. The Morgan fingerprint density at radius 1 is 1.27 bits per heavy atom. The molecule has 1 aromatic rings. The van der Waals surface area contributed by atoms with Crippen molar-refractivity contribution in [1.82, 2.24) is 5.32 Å². The van der Waals surface area contributed by atoms with Gasteiger partial charge < -0.3 is 29.7 Å². The highest BCUT2D eigenvalue weighted by atomic mass is 16.7. The molecule has 0 aliphatic carbocycles. The molecule has 8 heteroatoms. The quantitative estimate of drug-likeness (QED) is 0.586.